The Balaban J connectivity index is 1.84. The summed E-state index contributed by atoms with van der Waals surface area (Å²) in [6.07, 6.45) is 1.17. The van der Waals surface area contributed by atoms with Gasteiger partial charge in [0.15, 0.2) is 9.84 Å². The van der Waals surface area contributed by atoms with Crippen molar-refractivity contribution < 1.29 is 30.9 Å². The molecule has 2 aromatic carbocycles. The number of carbonyl (C=O) groups excluding carboxylic acids is 1. The van der Waals surface area contributed by atoms with Crippen LogP contribution in [0.3, 0.4) is 0 Å². The minimum Gasteiger partial charge on any atom is -0.337 e. The summed E-state index contributed by atoms with van der Waals surface area (Å²) < 4.78 is 63.7. The van der Waals surface area contributed by atoms with Gasteiger partial charge in [0, 0.05) is 50.1 Å². The van der Waals surface area contributed by atoms with Crippen molar-refractivity contribution in [2.24, 2.45) is 0 Å². The number of benzene rings is 2. The molecule has 1 aliphatic rings. The highest BCUT2D eigenvalue weighted by molar-refractivity contribution is 7.90. The number of amides is 1. The average molecular weight is 486 g/mol. The number of nitrogens with zero attached hydrogens (tertiary/aromatic N) is 3. The lowest BCUT2D eigenvalue weighted by Crippen LogP contribution is -2.37. The van der Waals surface area contributed by atoms with Gasteiger partial charge < -0.3 is 4.90 Å². The lowest BCUT2D eigenvalue weighted by Gasteiger charge is -2.22. The lowest BCUT2D eigenvalue weighted by atomic mass is 10.1. The molecule has 1 fully saturated rings. The van der Waals surface area contributed by atoms with Crippen molar-refractivity contribution >= 4 is 31.5 Å². The maximum atomic E-state index is 13.1. The third kappa shape index (κ3) is 5.11. The monoisotopic (exact) mass is 485 g/mol. The first-order valence-electron chi connectivity index (χ1n) is 9.44. The van der Waals surface area contributed by atoms with Crippen LogP contribution in [0.2, 0.25) is 0 Å². The highest BCUT2D eigenvalue weighted by Gasteiger charge is 2.29. The van der Waals surface area contributed by atoms with Crippen LogP contribution in [-0.4, -0.2) is 69.3 Å². The highest BCUT2D eigenvalue weighted by Crippen LogP contribution is 2.23. The molecular weight excluding hydrogens is 465 g/mol. The van der Waals surface area contributed by atoms with E-state index in [2.05, 4.69) is 0 Å². The molecule has 0 saturated carbocycles. The number of nitro benzene ring substituents is 1. The van der Waals surface area contributed by atoms with Gasteiger partial charge in [0.1, 0.15) is 5.82 Å². The number of hydrogen-bond donors (Lipinski definition) is 0. The van der Waals surface area contributed by atoms with Crippen molar-refractivity contribution in [3.8, 4) is 0 Å². The van der Waals surface area contributed by atoms with Crippen LogP contribution in [0.25, 0.3) is 0 Å². The second-order valence-corrected chi connectivity index (χ2v) is 11.2. The lowest BCUT2D eigenvalue weighted by molar-refractivity contribution is -0.385. The van der Waals surface area contributed by atoms with E-state index in [4.69, 9.17) is 0 Å². The van der Waals surface area contributed by atoms with Gasteiger partial charge in [-0.25, -0.2) is 21.2 Å². The Hall–Kier alpha value is -2.90. The highest BCUT2D eigenvalue weighted by atomic mass is 32.2. The van der Waals surface area contributed by atoms with Gasteiger partial charge in [-0.1, -0.05) is 0 Å². The third-order valence-electron chi connectivity index (χ3n) is 4.97. The van der Waals surface area contributed by atoms with Crippen molar-refractivity contribution in [1.82, 2.24) is 9.21 Å². The second-order valence-electron chi connectivity index (χ2n) is 7.25. The molecule has 0 unspecified atom stereocenters. The molecule has 32 heavy (non-hydrogen) atoms. The van der Waals surface area contributed by atoms with E-state index >= 15 is 0 Å². The Labute approximate surface area is 184 Å². The van der Waals surface area contributed by atoms with E-state index in [1.54, 1.807) is 0 Å². The van der Waals surface area contributed by atoms with Crippen molar-refractivity contribution in [3.05, 3.63) is 64.0 Å². The summed E-state index contributed by atoms with van der Waals surface area (Å²) in [5.41, 5.74) is -0.707. The molecule has 10 nitrogen and oxygen atoms in total. The van der Waals surface area contributed by atoms with Crippen LogP contribution in [0.4, 0.5) is 10.1 Å². The first-order chi connectivity index (χ1) is 14.9. The van der Waals surface area contributed by atoms with E-state index in [0.717, 1.165) is 48.7 Å². The fourth-order valence-electron chi connectivity index (χ4n) is 3.30. The van der Waals surface area contributed by atoms with Crippen LogP contribution in [0.1, 0.15) is 16.8 Å². The molecular formula is C19H20FN3O7S2. The molecule has 2 aromatic rings. The first-order valence-corrected chi connectivity index (χ1v) is 12.8. The standard InChI is InChI=1S/C19H20FN3O7S2/c1-31(27,28)18-12-14(11-16(13-18)23(25)26)19(24)21-7-2-8-22(10-9-21)32(29,30)17-5-3-15(20)4-6-17/h3-6,11-13H,2,7-10H2,1H3. The summed E-state index contributed by atoms with van der Waals surface area (Å²) >= 11 is 0. The van der Waals surface area contributed by atoms with E-state index in [1.165, 1.54) is 9.21 Å². The number of nitro groups is 1. The van der Waals surface area contributed by atoms with Crippen LogP contribution in [0.5, 0.6) is 0 Å². The molecule has 0 aromatic heterocycles. The van der Waals surface area contributed by atoms with Crippen LogP contribution >= 0.6 is 0 Å². The molecule has 1 saturated heterocycles. The summed E-state index contributed by atoms with van der Waals surface area (Å²) in [5, 5.41) is 11.2. The molecule has 1 heterocycles. The van der Waals surface area contributed by atoms with Crippen LogP contribution in [0, 0.1) is 15.9 Å². The number of sulfonamides is 1. The van der Waals surface area contributed by atoms with E-state index in [1.807, 2.05) is 0 Å². The maximum absolute atomic E-state index is 13.1. The molecule has 0 spiro atoms. The maximum Gasteiger partial charge on any atom is 0.271 e. The Kier molecular flexibility index (Phi) is 6.62. The largest absolute Gasteiger partial charge is 0.337 e. The van der Waals surface area contributed by atoms with E-state index < -0.39 is 42.2 Å². The topological polar surface area (TPSA) is 135 Å². The predicted octanol–water partition coefficient (Wildman–Crippen LogP) is 1.67. The average Bonchev–Trinajstić information content (AvgIpc) is 2.99. The van der Waals surface area contributed by atoms with Gasteiger partial charge in [-0.05, 0) is 36.8 Å². The Morgan fingerprint density at radius 3 is 2.22 bits per heavy atom. The molecule has 1 aliphatic heterocycles. The number of sulfone groups is 1. The zero-order valence-electron chi connectivity index (χ0n) is 17.0. The Bertz CT molecular complexity index is 1260. The third-order valence-corrected chi connectivity index (χ3v) is 7.98. The molecule has 0 atom stereocenters. The van der Waals surface area contributed by atoms with Crippen molar-refractivity contribution in [3.63, 3.8) is 0 Å². The molecule has 13 heteroatoms. The number of carbonyl (C=O) groups is 1. The van der Waals surface area contributed by atoms with Gasteiger partial charge in [0.2, 0.25) is 10.0 Å². The summed E-state index contributed by atoms with van der Waals surface area (Å²) in [7, 11) is -7.70. The number of rotatable bonds is 5. The van der Waals surface area contributed by atoms with Crippen molar-refractivity contribution in [1.29, 1.82) is 0 Å². The second kappa shape index (κ2) is 8.92. The van der Waals surface area contributed by atoms with Gasteiger partial charge in [0.25, 0.3) is 11.6 Å². The first kappa shape index (κ1) is 23.8. The zero-order valence-corrected chi connectivity index (χ0v) is 18.6. The van der Waals surface area contributed by atoms with E-state index in [-0.39, 0.29) is 41.5 Å². The Morgan fingerprint density at radius 2 is 1.62 bits per heavy atom. The molecule has 0 bridgehead atoms. The van der Waals surface area contributed by atoms with Crippen molar-refractivity contribution in [2.75, 3.05) is 32.4 Å². The van der Waals surface area contributed by atoms with Gasteiger partial charge in [-0.2, -0.15) is 4.31 Å². The SMILES string of the molecule is CS(=O)(=O)c1cc(C(=O)N2CCCN(S(=O)(=O)c3ccc(F)cc3)CC2)cc([N+](=O)[O-])c1. The predicted molar refractivity (Wildman–Crippen MR) is 112 cm³/mol. The van der Waals surface area contributed by atoms with E-state index in [9.17, 15) is 36.1 Å². The van der Waals surface area contributed by atoms with Gasteiger partial charge >= 0.3 is 0 Å². The molecule has 1 amide bonds. The smallest absolute Gasteiger partial charge is 0.271 e. The molecule has 3 rings (SSSR count). The number of hydrogen-bond acceptors (Lipinski definition) is 7. The minimum absolute atomic E-state index is 0.00381. The summed E-state index contributed by atoms with van der Waals surface area (Å²) in [4.78, 5) is 24.3. The summed E-state index contributed by atoms with van der Waals surface area (Å²) in [6, 6.07) is 7.36. The van der Waals surface area contributed by atoms with Crippen LogP contribution in [0.15, 0.2) is 52.3 Å². The molecule has 172 valence electrons. The fourth-order valence-corrected chi connectivity index (χ4v) is 5.45. The summed E-state index contributed by atoms with van der Waals surface area (Å²) in [6.45, 7) is 0.244. The van der Waals surface area contributed by atoms with Gasteiger partial charge in [-0.3, -0.25) is 14.9 Å². The minimum atomic E-state index is -3.90. The van der Waals surface area contributed by atoms with Gasteiger partial charge in [-0.15, -0.1) is 0 Å². The summed E-state index contributed by atoms with van der Waals surface area (Å²) in [5.74, 6) is -1.21. The normalized spacial score (nSPS) is 15.9. The van der Waals surface area contributed by atoms with E-state index in [0.29, 0.717) is 6.42 Å². The quantitative estimate of drug-likeness (QED) is 0.464. The van der Waals surface area contributed by atoms with Crippen LogP contribution < -0.4 is 0 Å². The molecule has 0 radical (unpaired) electrons. The number of halogens is 1. The molecule has 0 aliphatic carbocycles. The zero-order chi connectivity index (χ0) is 23.7. The van der Waals surface area contributed by atoms with Crippen molar-refractivity contribution in [2.45, 2.75) is 16.2 Å². The Morgan fingerprint density at radius 1 is 0.969 bits per heavy atom. The fraction of sp³-hybridized carbons (Fsp3) is 0.316. The van der Waals surface area contributed by atoms with Gasteiger partial charge in [0.05, 0.1) is 14.7 Å². The van der Waals surface area contributed by atoms with Crippen LogP contribution in [-0.2, 0) is 19.9 Å². The number of non-ortho nitro benzene ring substituents is 1. The molecule has 0 N–H and O–H groups in total.